The van der Waals surface area contributed by atoms with Crippen molar-refractivity contribution in [1.29, 1.82) is 0 Å². The molecular weight excluding hydrogens is 248 g/mol. The summed E-state index contributed by atoms with van der Waals surface area (Å²) in [6.07, 6.45) is 4.80. The molecule has 110 valence electrons. The van der Waals surface area contributed by atoms with E-state index in [1.807, 2.05) is 32.0 Å². The van der Waals surface area contributed by atoms with Crippen LogP contribution in [0.5, 0.6) is 0 Å². The summed E-state index contributed by atoms with van der Waals surface area (Å²) in [5.41, 5.74) is 2.81. The van der Waals surface area contributed by atoms with E-state index in [0.717, 1.165) is 42.1 Å². The van der Waals surface area contributed by atoms with Crippen LogP contribution in [0.25, 0.3) is 0 Å². The predicted molar refractivity (Wildman–Crippen MR) is 84.2 cm³/mol. The molecule has 1 saturated carbocycles. The first kappa shape index (κ1) is 14.9. The van der Waals surface area contributed by atoms with Crippen molar-refractivity contribution in [2.45, 2.75) is 52.5 Å². The molecular formula is C17H26N2O. The molecule has 0 bridgehead atoms. The molecule has 0 heterocycles. The fourth-order valence-corrected chi connectivity index (χ4v) is 2.54. The minimum absolute atomic E-state index is 0.0529. The van der Waals surface area contributed by atoms with E-state index in [9.17, 15) is 4.79 Å². The van der Waals surface area contributed by atoms with Gasteiger partial charge >= 0.3 is 0 Å². The Balaban J connectivity index is 2.07. The van der Waals surface area contributed by atoms with Gasteiger partial charge in [0, 0.05) is 18.3 Å². The summed E-state index contributed by atoms with van der Waals surface area (Å²) < 4.78 is 0. The van der Waals surface area contributed by atoms with E-state index < -0.39 is 0 Å². The number of aryl methyl sites for hydroxylation is 1. The van der Waals surface area contributed by atoms with Crippen LogP contribution in [0.15, 0.2) is 18.2 Å². The van der Waals surface area contributed by atoms with Crippen LogP contribution in [-0.4, -0.2) is 18.5 Å². The SMILES string of the molecule is CCNc1ccc(C)cc1C(=O)NC(CC)CC1CC1. The first-order valence-electron chi connectivity index (χ1n) is 7.79. The molecule has 1 atom stereocenters. The van der Waals surface area contributed by atoms with Crippen molar-refractivity contribution < 1.29 is 4.79 Å². The molecule has 1 aromatic rings. The van der Waals surface area contributed by atoms with Crippen LogP contribution in [0, 0.1) is 12.8 Å². The van der Waals surface area contributed by atoms with Gasteiger partial charge in [0.2, 0.25) is 0 Å². The maximum atomic E-state index is 12.5. The van der Waals surface area contributed by atoms with Gasteiger partial charge in [-0.2, -0.15) is 0 Å². The summed E-state index contributed by atoms with van der Waals surface area (Å²) in [6, 6.07) is 6.31. The highest BCUT2D eigenvalue weighted by molar-refractivity contribution is 6.00. The zero-order chi connectivity index (χ0) is 14.5. The van der Waals surface area contributed by atoms with Gasteiger partial charge in [0.15, 0.2) is 0 Å². The number of nitrogens with one attached hydrogen (secondary N) is 2. The lowest BCUT2D eigenvalue weighted by molar-refractivity contribution is 0.0933. The normalized spacial score (nSPS) is 15.8. The Morgan fingerprint density at radius 3 is 2.70 bits per heavy atom. The van der Waals surface area contributed by atoms with Crippen LogP contribution in [0.2, 0.25) is 0 Å². The number of amides is 1. The minimum atomic E-state index is 0.0529. The topological polar surface area (TPSA) is 41.1 Å². The maximum absolute atomic E-state index is 12.5. The van der Waals surface area contributed by atoms with E-state index in [4.69, 9.17) is 0 Å². The Morgan fingerprint density at radius 1 is 1.35 bits per heavy atom. The van der Waals surface area contributed by atoms with Crippen molar-refractivity contribution in [2.24, 2.45) is 5.92 Å². The number of anilines is 1. The number of hydrogen-bond acceptors (Lipinski definition) is 2. The number of hydrogen-bond donors (Lipinski definition) is 2. The molecule has 0 aliphatic heterocycles. The highest BCUT2D eigenvalue weighted by Gasteiger charge is 2.26. The Kier molecular flexibility index (Phi) is 5.05. The molecule has 20 heavy (non-hydrogen) atoms. The van der Waals surface area contributed by atoms with Gasteiger partial charge in [-0.1, -0.05) is 31.4 Å². The molecule has 2 N–H and O–H groups in total. The van der Waals surface area contributed by atoms with Gasteiger partial charge in [-0.3, -0.25) is 4.79 Å². The second kappa shape index (κ2) is 6.78. The molecule has 0 aromatic heterocycles. The predicted octanol–water partition coefficient (Wildman–Crippen LogP) is 3.74. The Hall–Kier alpha value is -1.51. The van der Waals surface area contributed by atoms with Crippen LogP contribution in [0.1, 0.15) is 55.5 Å². The third kappa shape index (κ3) is 3.99. The molecule has 1 aromatic carbocycles. The highest BCUT2D eigenvalue weighted by atomic mass is 16.1. The molecule has 1 aliphatic carbocycles. The Morgan fingerprint density at radius 2 is 2.10 bits per heavy atom. The van der Waals surface area contributed by atoms with Crippen LogP contribution < -0.4 is 10.6 Å². The first-order chi connectivity index (χ1) is 9.63. The summed E-state index contributed by atoms with van der Waals surface area (Å²) in [6.45, 7) is 7.04. The summed E-state index contributed by atoms with van der Waals surface area (Å²) in [5, 5.41) is 6.47. The third-order valence-electron chi connectivity index (χ3n) is 3.93. The van der Waals surface area contributed by atoms with Gasteiger partial charge in [-0.05, 0) is 44.7 Å². The zero-order valence-corrected chi connectivity index (χ0v) is 12.8. The largest absolute Gasteiger partial charge is 0.385 e. The summed E-state index contributed by atoms with van der Waals surface area (Å²) in [5.74, 6) is 0.892. The second-order valence-electron chi connectivity index (χ2n) is 5.84. The number of benzene rings is 1. The summed E-state index contributed by atoms with van der Waals surface area (Å²) in [7, 11) is 0. The van der Waals surface area contributed by atoms with Gasteiger partial charge in [0.05, 0.1) is 5.56 Å². The molecule has 0 spiro atoms. The third-order valence-corrected chi connectivity index (χ3v) is 3.93. The van der Waals surface area contributed by atoms with Gasteiger partial charge in [0.25, 0.3) is 5.91 Å². The number of carbonyl (C=O) groups excluding carboxylic acids is 1. The maximum Gasteiger partial charge on any atom is 0.253 e. The molecule has 3 nitrogen and oxygen atoms in total. The van der Waals surface area contributed by atoms with Crippen LogP contribution in [-0.2, 0) is 0 Å². The Bertz CT molecular complexity index is 466. The monoisotopic (exact) mass is 274 g/mol. The molecule has 0 radical (unpaired) electrons. The zero-order valence-electron chi connectivity index (χ0n) is 12.8. The van der Waals surface area contributed by atoms with Gasteiger partial charge in [0.1, 0.15) is 0 Å². The van der Waals surface area contributed by atoms with Crippen molar-refractivity contribution in [3.8, 4) is 0 Å². The van der Waals surface area contributed by atoms with E-state index >= 15 is 0 Å². The van der Waals surface area contributed by atoms with E-state index in [1.165, 1.54) is 12.8 Å². The summed E-state index contributed by atoms with van der Waals surface area (Å²) >= 11 is 0. The fourth-order valence-electron chi connectivity index (χ4n) is 2.54. The average molecular weight is 274 g/mol. The van der Waals surface area contributed by atoms with Crippen LogP contribution in [0.3, 0.4) is 0 Å². The first-order valence-corrected chi connectivity index (χ1v) is 7.79. The Labute approximate surface area is 122 Å². The van der Waals surface area contributed by atoms with Crippen molar-refractivity contribution in [2.75, 3.05) is 11.9 Å². The van der Waals surface area contributed by atoms with Crippen molar-refractivity contribution in [3.63, 3.8) is 0 Å². The van der Waals surface area contributed by atoms with Gasteiger partial charge in [-0.25, -0.2) is 0 Å². The molecule has 1 aliphatic rings. The number of carbonyl (C=O) groups is 1. The van der Waals surface area contributed by atoms with Crippen molar-refractivity contribution >= 4 is 11.6 Å². The lowest BCUT2D eigenvalue weighted by Gasteiger charge is -2.18. The van der Waals surface area contributed by atoms with E-state index in [-0.39, 0.29) is 5.91 Å². The van der Waals surface area contributed by atoms with Crippen LogP contribution >= 0.6 is 0 Å². The molecule has 3 heteroatoms. The van der Waals surface area contributed by atoms with E-state index in [1.54, 1.807) is 0 Å². The lowest BCUT2D eigenvalue weighted by Crippen LogP contribution is -2.35. The van der Waals surface area contributed by atoms with E-state index in [2.05, 4.69) is 17.6 Å². The fraction of sp³-hybridized carbons (Fsp3) is 0.588. The molecule has 1 unspecified atom stereocenters. The number of rotatable bonds is 7. The molecule has 1 amide bonds. The molecule has 2 rings (SSSR count). The summed E-state index contributed by atoms with van der Waals surface area (Å²) in [4.78, 5) is 12.5. The molecule has 1 fully saturated rings. The highest BCUT2D eigenvalue weighted by Crippen LogP contribution is 2.34. The van der Waals surface area contributed by atoms with Gasteiger partial charge in [-0.15, -0.1) is 0 Å². The average Bonchev–Trinajstić information content (AvgIpc) is 3.24. The standard InChI is InChI=1S/C17H26N2O/c1-4-14(11-13-7-8-13)19-17(20)15-10-12(3)6-9-16(15)18-5-2/h6,9-10,13-14,18H,4-5,7-8,11H2,1-3H3,(H,19,20). The van der Waals surface area contributed by atoms with Crippen molar-refractivity contribution in [3.05, 3.63) is 29.3 Å². The lowest BCUT2D eigenvalue weighted by atomic mass is 10.0. The van der Waals surface area contributed by atoms with Crippen molar-refractivity contribution in [1.82, 2.24) is 5.32 Å². The van der Waals surface area contributed by atoms with Gasteiger partial charge < -0.3 is 10.6 Å². The second-order valence-corrected chi connectivity index (χ2v) is 5.84. The van der Waals surface area contributed by atoms with E-state index in [0.29, 0.717) is 6.04 Å². The molecule has 0 saturated heterocycles. The smallest absolute Gasteiger partial charge is 0.253 e. The minimum Gasteiger partial charge on any atom is -0.385 e. The quantitative estimate of drug-likeness (QED) is 0.795. The van der Waals surface area contributed by atoms with Crippen LogP contribution in [0.4, 0.5) is 5.69 Å².